The van der Waals surface area contributed by atoms with Crippen molar-refractivity contribution in [2.45, 2.75) is 39.7 Å². The summed E-state index contributed by atoms with van der Waals surface area (Å²) in [6.45, 7) is 6.98. The fourth-order valence-electron chi connectivity index (χ4n) is 1.34. The number of hydrogen-bond acceptors (Lipinski definition) is 3. The quantitative estimate of drug-likeness (QED) is 0.665. The Kier molecular flexibility index (Phi) is 5.19. The Labute approximate surface area is 96.6 Å². The van der Waals surface area contributed by atoms with Crippen LogP contribution in [0.25, 0.3) is 0 Å². The zero-order valence-electron chi connectivity index (χ0n) is 10.3. The summed E-state index contributed by atoms with van der Waals surface area (Å²) in [7, 11) is 0. The number of Topliss-reactive ketones (excluding diaryl/α,β-unsaturated/α-hetero) is 1. The minimum absolute atomic E-state index is 0.0856. The van der Waals surface area contributed by atoms with Crippen LogP contribution in [-0.4, -0.2) is 28.8 Å². The highest BCUT2D eigenvalue weighted by Crippen LogP contribution is 2.05. The van der Waals surface area contributed by atoms with Crippen LogP contribution in [0.5, 0.6) is 0 Å². The second-order valence-electron chi connectivity index (χ2n) is 4.15. The zero-order chi connectivity index (χ0) is 12.0. The van der Waals surface area contributed by atoms with Crippen LogP contribution in [0.15, 0.2) is 12.3 Å². The highest BCUT2D eigenvalue weighted by molar-refractivity contribution is 5.81. The van der Waals surface area contributed by atoms with Crippen molar-refractivity contribution in [2.75, 3.05) is 13.2 Å². The van der Waals surface area contributed by atoms with Crippen molar-refractivity contribution >= 4 is 5.78 Å². The lowest BCUT2D eigenvalue weighted by atomic mass is 10.2. The van der Waals surface area contributed by atoms with Gasteiger partial charge in [0, 0.05) is 18.8 Å². The summed E-state index contributed by atoms with van der Waals surface area (Å²) in [5.41, 5.74) is 0.818. The SMILES string of the molecule is CCCOCC(=O)Cc1ccn(C(C)C)n1. The molecule has 1 aromatic heterocycles. The fourth-order valence-corrected chi connectivity index (χ4v) is 1.34. The number of aromatic nitrogens is 2. The van der Waals surface area contributed by atoms with Gasteiger partial charge >= 0.3 is 0 Å². The normalized spacial score (nSPS) is 11.0. The molecule has 0 N–H and O–H groups in total. The molecular formula is C12H20N2O2. The van der Waals surface area contributed by atoms with E-state index in [1.807, 2.05) is 23.9 Å². The van der Waals surface area contributed by atoms with Gasteiger partial charge in [0.15, 0.2) is 5.78 Å². The van der Waals surface area contributed by atoms with Crippen LogP contribution >= 0.6 is 0 Å². The van der Waals surface area contributed by atoms with Gasteiger partial charge < -0.3 is 4.74 Å². The summed E-state index contributed by atoms with van der Waals surface area (Å²) < 4.78 is 7.04. The van der Waals surface area contributed by atoms with Gasteiger partial charge in [-0.25, -0.2) is 0 Å². The number of carbonyl (C=O) groups excluding carboxylic acids is 1. The van der Waals surface area contributed by atoms with Crippen molar-refractivity contribution in [3.05, 3.63) is 18.0 Å². The molecule has 0 amide bonds. The molecule has 1 rings (SSSR count). The topological polar surface area (TPSA) is 44.1 Å². The number of ether oxygens (including phenoxy) is 1. The van der Waals surface area contributed by atoms with Crippen molar-refractivity contribution < 1.29 is 9.53 Å². The van der Waals surface area contributed by atoms with Gasteiger partial charge in [-0.1, -0.05) is 6.92 Å². The van der Waals surface area contributed by atoms with Gasteiger partial charge in [-0.2, -0.15) is 5.10 Å². The first-order chi connectivity index (χ1) is 7.63. The molecule has 1 aromatic rings. The molecule has 16 heavy (non-hydrogen) atoms. The molecular weight excluding hydrogens is 204 g/mol. The first-order valence-corrected chi connectivity index (χ1v) is 5.77. The number of carbonyl (C=O) groups is 1. The molecule has 0 fully saturated rings. The van der Waals surface area contributed by atoms with Crippen molar-refractivity contribution in [3.63, 3.8) is 0 Å². The van der Waals surface area contributed by atoms with Gasteiger partial charge in [0.1, 0.15) is 6.61 Å². The molecule has 0 unspecified atom stereocenters. The minimum atomic E-state index is 0.0856. The summed E-state index contributed by atoms with van der Waals surface area (Å²) in [4.78, 5) is 11.5. The highest BCUT2D eigenvalue weighted by atomic mass is 16.5. The van der Waals surface area contributed by atoms with E-state index in [2.05, 4.69) is 18.9 Å². The largest absolute Gasteiger partial charge is 0.374 e. The summed E-state index contributed by atoms with van der Waals surface area (Å²) >= 11 is 0. The lowest BCUT2D eigenvalue weighted by molar-refractivity contribution is -0.123. The standard InChI is InChI=1S/C12H20N2O2/c1-4-7-16-9-12(15)8-11-5-6-14(13-11)10(2)3/h5-6,10H,4,7-9H2,1-3H3. The Morgan fingerprint density at radius 2 is 2.31 bits per heavy atom. The van der Waals surface area contributed by atoms with Crippen LogP contribution in [0.3, 0.4) is 0 Å². The fraction of sp³-hybridized carbons (Fsp3) is 0.667. The number of rotatable bonds is 7. The summed E-state index contributed by atoms with van der Waals surface area (Å²) in [5, 5.41) is 4.32. The molecule has 0 spiro atoms. The lowest BCUT2D eigenvalue weighted by Crippen LogP contribution is -2.12. The van der Waals surface area contributed by atoms with Crippen LogP contribution in [0.4, 0.5) is 0 Å². The first-order valence-electron chi connectivity index (χ1n) is 5.77. The summed E-state index contributed by atoms with van der Waals surface area (Å²) in [6, 6.07) is 2.22. The molecule has 0 radical (unpaired) electrons. The van der Waals surface area contributed by atoms with Gasteiger partial charge in [0.25, 0.3) is 0 Å². The van der Waals surface area contributed by atoms with Crippen molar-refractivity contribution in [3.8, 4) is 0 Å². The van der Waals surface area contributed by atoms with Crippen LogP contribution in [-0.2, 0) is 16.0 Å². The Balaban J connectivity index is 2.37. The third-order valence-electron chi connectivity index (χ3n) is 2.18. The van der Waals surface area contributed by atoms with Gasteiger partial charge in [0.05, 0.1) is 12.1 Å². The maximum atomic E-state index is 11.5. The molecule has 0 saturated heterocycles. The van der Waals surface area contributed by atoms with Crippen LogP contribution < -0.4 is 0 Å². The molecule has 0 atom stereocenters. The minimum Gasteiger partial charge on any atom is -0.374 e. The molecule has 0 aliphatic carbocycles. The first kappa shape index (κ1) is 12.9. The van der Waals surface area contributed by atoms with Crippen LogP contribution in [0.2, 0.25) is 0 Å². The lowest BCUT2D eigenvalue weighted by Gasteiger charge is -2.03. The van der Waals surface area contributed by atoms with E-state index in [1.54, 1.807) is 0 Å². The average Bonchev–Trinajstić information content (AvgIpc) is 2.66. The zero-order valence-corrected chi connectivity index (χ0v) is 10.3. The monoisotopic (exact) mass is 224 g/mol. The van der Waals surface area contributed by atoms with E-state index in [0.29, 0.717) is 19.1 Å². The van der Waals surface area contributed by atoms with Gasteiger partial charge in [-0.3, -0.25) is 9.48 Å². The van der Waals surface area contributed by atoms with E-state index in [-0.39, 0.29) is 12.4 Å². The van der Waals surface area contributed by atoms with E-state index in [1.165, 1.54) is 0 Å². The van der Waals surface area contributed by atoms with Gasteiger partial charge in [0.2, 0.25) is 0 Å². The molecule has 4 nitrogen and oxygen atoms in total. The molecule has 90 valence electrons. The third-order valence-corrected chi connectivity index (χ3v) is 2.18. The molecule has 0 aliphatic heterocycles. The van der Waals surface area contributed by atoms with Crippen molar-refractivity contribution in [2.24, 2.45) is 0 Å². The van der Waals surface area contributed by atoms with E-state index in [4.69, 9.17) is 4.74 Å². The Bertz CT molecular complexity index is 332. The van der Waals surface area contributed by atoms with Crippen molar-refractivity contribution in [1.29, 1.82) is 0 Å². The van der Waals surface area contributed by atoms with E-state index < -0.39 is 0 Å². The molecule has 1 heterocycles. The van der Waals surface area contributed by atoms with E-state index in [9.17, 15) is 4.79 Å². The second kappa shape index (κ2) is 6.43. The Morgan fingerprint density at radius 3 is 2.88 bits per heavy atom. The van der Waals surface area contributed by atoms with E-state index >= 15 is 0 Å². The highest BCUT2D eigenvalue weighted by Gasteiger charge is 2.07. The van der Waals surface area contributed by atoms with E-state index in [0.717, 1.165) is 12.1 Å². The number of ketones is 1. The summed E-state index contributed by atoms with van der Waals surface area (Å²) in [6.07, 6.45) is 3.21. The third kappa shape index (κ3) is 4.14. The maximum absolute atomic E-state index is 11.5. The Hall–Kier alpha value is -1.16. The molecule has 0 bridgehead atoms. The molecule has 0 saturated carbocycles. The summed E-state index contributed by atoms with van der Waals surface area (Å²) in [5.74, 6) is 0.0856. The predicted molar refractivity (Wildman–Crippen MR) is 62.4 cm³/mol. The van der Waals surface area contributed by atoms with Crippen LogP contribution in [0, 0.1) is 0 Å². The van der Waals surface area contributed by atoms with Gasteiger partial charge in [-0.15, -0.1) is 0 Å². The number of nitrogens with zero attached hydrogens (tertiary/aromatic N) is 2. The number of hydrogen-bond donors (Lipinski definition) is 0. The Morgan fingerprint density at radius 1 is 1.56 bits per heavy atom. The molecule has 0 aliphatic rings. The van der Waals surface area contributed by atoms with Crippen LogP contribution in [0.1, 0.15) is 38.9 Å². The predicted octanol–water partition coefficient (Wildman–Crippen LogP) is 2.00. The molecule has 4 heteroatoms. The molecule has 0 aromatic carbocycles. The smallest absolute Gasteiger partial charge is 0.164 e. The second-order valence-corrected chi connectivity index (χ2v) is 4.15. The van der Waals surface area contributed by atoms with Crippen molar-refractivity contribution in [1.82, 2.24) is 9.78 Å². The maximum Gasteiger partial charge on any atom is 0.164 e. The average molecular weight is 224 g/mol. The van der Waals surface area contributed by atoms with Gasteiger partial charge in [-0.05, 0) is 26.3 Å².